The molecular weight excluding hydrogens is 390 g/mol. The van der Waals surface area contributed by atoms with Crippen molar-refractivity contribution in [3.05, 3.63) is 41.5 Å². The summed E-state index contributed by atoms with van der Waals surface area (Å²) < 4.78 is 7.60. The van der Waals surface area contributed by atoms with Gasteiger partial charge >= 0.3 is 0 Å². The van der Waals surface area contributed by atoms with Crippen molar-refractivity contribution in [1.82, 2.24) is 19.9 Å². The van der Waals surface area contributed by atoms with Crippen LogP contribution < -0.4 is 11.1 Å². The van der Waals surface area contributed by atoms with E-state index in [1.807, 2.05) is 28.8 Å². The van der Waals surface area contributed by atoms with E-state index < -0.39 is 0 Å². The minimum atomic E-state index is -0.210. The van der Waals surface area contributed by atoms with Crippen LogP contribution in [0.5, 0.6) is 0 Å². The third-order valence-electron chi connectivity index (χ3n) is 6.37. The molecule has 2 aromatic heterocycles. The minimum Gasteiger partial charge on any atom is -0.384 e. The van der Waals surface area contributed by atoms with E-state index in [9.17, 15) is 4.79 Å². The zero-order valence-electron chi connectivity index (χ0n) is 17.8. The van der Waals surface area contributed by atoms with Crippen LogP contribution in [-0.4, -0.2) is 39.7 Å². The highest BCUT2D eigenvalue weighted by molar-refractivity contribution is 6.10. The molecule has 0 bridgehead atoms. The van der Waals surface area contributed by atoms with Crippen molar-refractivity contribution in [3.8, 4) is 0 Å². The monoisotopic (exact) mass is 419 g/mol. The number of rotatable bonds is 6. The van der Waals surface area contributed by atoms with Crippen molar-refractivity contribution in [3.63, 3.8) is 0 Å². The lowest BCUT2D eigenvalue weighted by Crippen LogP contribution is -2.32. The summed E-state index contributed by atoms with van der Waals surface area (Å²) in [5.41, 5.74) is 11.2. The maximum Gasteiger partial charge on any atom is 0.257 e. The number of amides is 1. The Morgan fingerprint density at radius 2 is 2.03 bits per heavy atom. The number of carbonyl (C=O) groups excluding carboxylic acids is 1. The Labute approximate surface area is 181 Å². The minimum absolute atomic E-state index is 0.0728. The summed E-state index contributed by atoms with van der Waals surface area (Å²) in [5, 5.41) is 3.00. The number of anilines is 1. The average molecular weight is 420 g/mol. The van der Waals surface area contributed by atoms with E-state index in [-0.39, 0.29) is 12.0 Å². The van der Waals surface area contributed by atoms with Crippen molar-refractivity contribution in [2.24, 2.45) is 0 Å². The summed E-state index contributed by atoms with van der Waals surface area (Å²) in [6.45, 7) is 1.94. The zero-order chi connectivity index (χ0) is 21.2. The lowest BCUT2D eigenvalue weighted by Gasteiger charge is -2.14. The third-order valence-corrected chi connectivity index (χ3v) is 6.37. The maximum atomic E-state index is 13.2. The van der Waals surface area contributed by atoms with Gasteiger partial charge in [0.1, 0.15) is 16.9 Å². The smallest absolute Gasteiger partial charge is 0.257 e. The summed E-state index contributed by atoms with van der Waals surface area (Å²) in [6.07, 6.45) is 10.2. The molecule has 0 radical (unpaired) electrons. The Morgan fingerprint density at radius 3 is 2.77 bits per heavy atom. The average Bonchev–Trinajstić information content (AvgIpc) is 3.41. The van der Waals surface area contributed by atoms with E-state index in [0.717, 1.165) is 49.7 Å². The molecule has 5 rings (SSSR count). The second kappa shape index (κ2) is 8.67. The van der Waals surface area contributed by atoms with Gasteiger partial charge in [-0.3, -0.25) is 4.79 Å². The molecule has 31 heavy (non-hydrogen) atoms. The molecular formula is C24H29N5O2. The van der Waals surface area contributed by atoms with Crippen molar-refractivity contribution in [1.29, 1.82) is 0 Å². The van der Waals surface area contributed by atoms with Crippen LogP contribution in [-0.2, 0) is 11.3 Å². The number of benzene rings is 1. The van der Waals surface area contributed by atoms with Gasteiger partial charge in [0.05, 0.1) is 17.1 Å². The van der Waals surface area contributed by atoms with Crippen molar-refractivity contribution < 1.29 is 9.53 Å². The first-order valence-corrected chi connectivity index (χ1v) is 11.3. The first-order valence-electron chi connectivity index (χ1n) is 11.3. The Balaban J connectivity index is 1.51. The molecule has 1 fully saturated rings. The molecule has 3 aromatic rings. The van der Waals surface area contributed by atoms with Gasteiger partial charge in [-0.2, -0.15) is 0 Å². The number of carbonyl (C=O) groups is 1. The molecule has 1 unspecified atom stereocenters. The van der Waals surface area contributed by atoms with E-state index in [2.05, 4.69) is 11.4 Å². The van der Waals surface area contributed by atoms with Gasteiger partial charge in [-0.25, -0.2) is 9.97 Å². The van der Waals surface area contributed by atoms with E-state index in [1.54, 1.807) is 0 Å². The maximum absolute atomic E-state index is 13.2. The van der Waals surface area contributed by atoms with Crippen LogP contribution in [0.4, 0.5) is 5.82 Å². The fourth-order valence-corrected chi connectivity index (χ4v) is 4.65. The second-order valence-electron chi connectivity index (χ2n) is 8.50. The summed E-state index contributed by atoms with van der Waals surface area (Å²) >= 11 is 0. The van der Waals surface area contributed by atoms with E-state index in [4.69, 9.17) is 20.4 Å². The summed E-state index contributed by atoms with van der Waals surface area (Å²) in [6, 6.07) is 7.73. The molecule has 0 saturated carbocycles. The number of hydrogen-bond acceptors (Lipinski definition) is 5. The number of hydrogen-bond donors (Lipinski definition) is 2. The predicted octanol–water partition coefficient (Wildman–Crippen LogP) is 3.97. The number of nitrogen functional groups attached to an aromatic ring is 1. The molecule has 1 aliphatic carbocycles. The molecule has 0 spiro atoms. The summed E-state index contributed by atoms with van der Waals surface area (Å²) in [4.78, 5) is 22.8. The van der Waals surface area contributed by atoms with Gasteiger partial charge in [-0.05, 0) is 57.1 Å². The SMILES string of the molecule is Nc1c(C(=O)NCC2CCCO2)c2nc3ccccc3nc2n1CCC1=CCCCC1. The Bertz CT molecular complexity index is 1140. The number of aromatic nitrogens is 3. The largest absolute Gasteiger partial charge is 0.384 e. The highest BCUT2D eigenvalue weighted by Crippen LogP contribution is 2.29. The number of ether oxygens (including phenoxy) is 1. The molecule has 7 nitrogen and oxygen atoms in total. The standard InChI is InChI=1S/C24H29N5O2/c25-22-20(24(30)26-15-17-9-6-14-31-17)21-23(28-19-11-5-4-10-18(19)27-21)29(22)13-12-16-7-2-1-3-8-16/h4-5,7,10-11,17H,1-3,6,8-9,12-15,25H2,(H,26,30). The molecule has 1 aliphatic heterocycles. The lowest BCUT2D eigenvalue weighted by molar-refractivity contribution is 0.0859. The van der Waals surface area contributed by atoms with Gasteiger partial charge in [-0.1, -0.05) is 23.8 Å². The first kappa shape index (κ1) is 20.0. The summed E-state index contributed by atoms with van der Waals surface area (Å²) in [5.74, 6) is 0.227. The van der Waals surface area contributed by atoms with Crippen LogP contribution in [0.3, 0.4) is 0 Å². The number of allylic oxidation sites excluding steroid dienone is 2. The van der Waals surface area contributed by atoms with Crippen molar-refractivity contribution in [2.75, 3.05) is 18.9 Å². The van der Waals surface area contributed by atoms with Gasteiger partial charge in [-0.15, -0.1) is 0 Å². The molecule has 1 atom stereocenters. The Kier molecular flexibility index (Phi) is 5.59. The molecule has 3 N–H and O–H groups in total. The summed E-state index contributed by atoms with van der Waals surface area (Å²) in [7, 11) is 0. The third kappa shape index (κ3) is 4.02. The quantitative estimate of drug-likeness (QED) is 0.590. The number of fused-ring (bicyclic) bond motifs is 2. The van der Waals surface area contributed by atoms with Crippen LogP contribution in [0, 0.1) is 0 Å². The van der Waals surface area contributed by atoms with Crippen LogP contribution in [0.25, 0.3) is 22.2 Å². The fraction of sp³-hybridized carbons (Fsp3) is 0.458. The van der Waals surface area contributed by atoms with E-state index in [0.29, 0.717) is 35.6 Å². The molecule has 162 valence electrons. The normalized spacial score (nSPS) is 19.1. The highest BCUT2D eigenvalue weighted by Gasteiger charge is 2.25. The number of nitrogens with one attached hydrogen (secondary N) is 1. The molecule has 3 heterocycles. The van der Waals surface area contributed by atoms with Crippen molar-refractivity contribution >= 4 is 33.9 Å². The second-order valence-corrected chi connectivity index (χ2v) is 8.50. The molecule has 7 heteroatoms. The molecule has 1 saturated heterocycles. The highest BCUT2D eigenvalue weighted by atomic mass is 16.5. The fourth-order valence-electron chi connectivity index (χ4n) is 4.65. The molecule has 2 aliphatic rings. The van der Waals surface area contributed by atoms with Crippen LogP contribution in [0.2, 0.25) is 0 Å². The van der Waals surface area contributed by atoms with Crippen LogP contribution in [0.15, 0.2) is 35.9 Å². The van der Waals surface area contributed by atoms with E-state index in [1.165, 1.54) is 18.4 Å². The first-order chi connectivity index (χ1) is 15.2. The van der Waals surface area contributed by atoms with Crippen LogP contribution >= 0.6 is 0 Å². The van der Waals surface area contributed by atoms with Crippen LogP contribution in [0.1, 0.15) is 55.3 Å². The molecule has 1 aromatic carbocycles. The van der Waals surface area contributed by atoms with Crippen molar-refractivity contribution in [2.45, 2.75) is 57.6 Å². The van der Waals surface area contributed by atoms with Gasteiger partial charge in [0.25, 0.3) is 5.91 Å². The number of aryl methyl sites for hydroxylation is 1. The molecule has 1 amide bonds. The number of nitrogens with zero attached hydrogens (tertiary/aromatic N) is 3. The van der Waals surface area contributed by atoms with Gasteiger partial charge in [0, 0.05) is 19.7 Å². The lowest BCUT2D eigenvalue weighted by atomic mass is 9.97. The topological polar surface area (TPSA) is 95.1 Å². The predicted molar refractivity (Wildman–Crippen MR) is 122 cm³/mol. The number of nitrogens with two attached hydrogens (primary N) is 1. The number of para-hydroxylation sites is 2. The Morgan fingerprint density at radius 1 is 1.19 bits per heavy atom. The van der Waals surface area contributed by atoms with Gasteiger partial charge < -0.3 is 20.4 Å². The van der Waals surface area contributed by atoms with Gasteiger partial charge in [0.2, 0.25) is 0 Å². The van der Waals surface area contributed by atoms with E-state index >= 15 is 0 Å². The zero-order valence-corrected chi connectivity index (χ0v) is 17.8. The van der Waals surface area contributed by atoms with Gasteiger partial charge in [0.15, 0.2) is 5.65 Å². The Hall–Kier alpha value is -2.93.